The molecule has 1 unspecified atom stereocenters. The van der Waals surface area contributed by atoms with Crippen LogP contribution in [-0.2, 0) is 14.3 Å². The van der Waals surface area contributed by atoms with Crippen molar-refractivity contribution >= 4 is 11.6 Å². The Kier molecular flexibility index (Phi) is 6.17. The molecule has 1 aliphatic rings. The molecule has 0 aromatic heterocycles. The molecule has 1 amide bonds. The fourth-order valence-electron chi connectivity index (χ4n) is 2.30. The minimum absolute atomic E-state index is 0.0417. The predicted octanol–water partition coefficient (Wildman–Crippen LogP) is 2.44. The van der Waals surface area contributed by atoms with Gasteiger partial charge in [-0.15, -0.1) is 0 Å². The van der Waals surface area contributed by atoms with Gasteiger partial charge in [0.1, 0.15) is 0 Å². The van der Waals surface area contributed by atoms with Gasteiger partial charge in [-0.25, -0.2) is 0 Å². The van der Waals surface area contributed by atoms with Crippen LogP contribution in [0, 0.1) is 5.92 Å². The van der Waals surface area contributed by atoms with Crippen molar-refractivity contribution in [3.05, 3.63) is 29.8 Å². The van der Waals surface area contributed by atoms with E-state index in [-0.39, 0.29) is 12.2 Å². The van der Waals surface area contributed by atoms with E-state index in [0.717, 1.165) is 24.1 Å². The summed E-state index contributed by atoms with van der Waals surface area (Å²) in [5.74, 6) is 0.528. The van der Waals surface area contributed by atoms with Crippen LogP contribution >= 0.6 is 0 Å². The first-order valence-corrected chi connectivity index (χ1v) is 7.52. The monoisotopic (exact) mass is 292 g/mol. The fraction of sp³-hybridized carbons (Fsp3) is 0.562. The molecule has 1 aromatic rings. The van der Waals surface area contributed by atoms with Gasteiger partial charge in [0.25, 0.3) is 0 Å². The Hall–Kier alpha value is -1.43. The molecule has 5 heteroatoms. The molecular formula is C16H24N2O3. The Morgan fingerprint density at radius 2 is 1.95 bits per heavy atom. The smallest absolute Gasteiger partial charge is 0.224 e. The second kappa shape index (κ2) is 8.12. The van der Waals surface area contributed by atoms with Crippen LogP contribution in [0.1, 0.15) is 38.0 Å². The number of carbonyl (C=O) groups excluding carboxylic acids is 1. The van der Waals surface area contributed by atoms with Crippen molar-refractivity contribution in [2.45, 2.75) is 32.5 Å². The van der Waals surface area contributed by atoms with E-state index in [1.54, 1.807) is 0 Å². The largest absolute Gasteiger partial charge is 0.346 e. The molecule has 1 aliphatic heterocycles. The molecule has 1 saturated heterocycles. The van der Waals surface area contributed by atoms with Crippen molar-refractivity contribution < 1.29 is 14.3 Å². The van der Waals surface area contributed by atoms with Crippen LogP contribution in [0.4, 0.5) is 5.69 Å². The van der Waals surface area contributed by atoms with E-state index >= 15 is 0 Å². The van der Waals surface area contributed by atoms with Gasteiger partial charge >= 0.3 is 0 Å². The van der Waals surface area contributed by atoms with Gasteiger partial charge in [-0.05, 0) is 37.4 Å². The van der Waals surface area contributed by atoms with Crippen molar-refractivity contribution in [3.63, 3.8) is 0 Å². The quantitative estimate of drug-likeness (QED) is 0.809. The van der Waals surface area contributed by atoms with Gasteiger partial charge in [0, 0.05) is 17.7 Å². The zero-order valence-electron chi connectivity index (χ0n) is 12.5. The highest BCUT2D eigenvalue weighted by Gasteiger charge is 2.17. The lowest BCUT2D eigenvalue weighted by molar-refractivity contribution is -0.116. The summed E-state index contributed by atoms with van der Waals surface area (Å²) < 4.78 is 10.9. The molecule has 0 aliphatic carbocycles. The molecule has 1 aromatic carbocycles. The highest BCUT2D eigenvalue weighted by Crippen LogP contribution is 2.24. The third kappa shape index (κ3) is 5.12. The van der Waals surface area contributed by atoms with E-state index in [9.17, 15) is 4.79 Å². The number of hydrogen-bond acceptors (Lipinski definition) is 4. The SMILES string of the molecule is CC(CCN)CCC(=O)Nc1ccc(C2OCCO2)cc1. The van der Waals surface area contributed by atoms with Gasteiger partial charge in [0.2, 0.25) is 5.91 Å². The summed E-state index contributed by atoms with van der Waals surface area (Å²) in [7, 11) is 0. The van der Waals surface area contributed by atoms with Crippen molar-refractivity contribution in [1.29, 1.82) is 0 Å². The van der Waals surface area contributed by atoms with Gasteiger partial charge in [-0.1, -0.05) is 19.1 Å². The first kappa shape index (κ1) is 15.9. The Balaban J connectivity index is 1.78. The number of rotatable bonds is 7. The van der Waals surface area contributed by atoms with E-state index < -0.39 is 0 Å². The van der Waals surface area contributed by atoms with E-state index in [0.29, 0.717) is 32.1 Å². The van der Waals surface area contributed by atoms with E-state index in [1.807, 2.05) is 24.3 Å². The van der Waals surface area contributed by atoms with Gasteiger partial charge in [-0.2, -0.15) is 0 Å². The third-order valence-corrected chi connectivity index (χ3v) is 3.61. The Morgan fingerprint density at radius 1 is 1.29 bits per heavy atom. The maximum absolute atomic E-state index is 11.9. The van der Waals surface area contributed by atoms with Crippen LogP contribution < -0.4 is 11.1 Å². The molecule has 0 spiro atoms. The number of amides is 1. The number of hydrogen-bond donors (Lipinski definition) is 2. The van der Waals surface area contributed by atoms with Crippen molar-refractivity contribution in [1.82, 2.24) is 0 Å². The highest BCUT2D eigenvalue weighted by molar-refractivity contribution is 5.90. The van der Waals surface area contributed by atoms with Gasteiger partial charge in [0.05, 0.1) is 13.2 Å². The summed E-state index contributed by atoms with van der Waals surface area (Å²) in [5.41, 5.74) is 7.28. The van der Waals surface area contributed by atoms with Crippen LogP contribution in [0.25, 0.3) is 0 Å². The molecule has 3 N–H and O–H groups in total. The second-order valence-electron chi connectivity index (χ2n) is 5.46. The molecule has 0 radical (unpaired) electrons. The molecule has 1 fully saturated rings. The highest BCUT2D eigenvalue weighted by atomic mass is 16.7. The molecule has 0 bridgehead atoms. The minimum Gasteiger partial charge on any atom is -0.346 e. The van der Waals surface area contributed by atoms with Crippen LogP contribution in [0.5, 0.6) is 0 Å². The number of nitrogens with one attached hydrogen (secondary N) is 1. The van der Waals surface area contributed by atoms with E-state index in [4.69, 9.17) is 15.2 Å². The van der Waals surface area contributed by atoms with Crippen molar-refractivity contribution in [3.8, 4) is 0 Å². The molecular weight excluding hydrogens is 268 g/mol. The van der Waals surface area contributed by atoms with E-state index in [1.165, 1.54) is 0 Å². The first-order valence-electron chi connectivity index (χ1n) is 7.52. The van der Waals surface area contributed by atoms with Crippen molar-refractivity contribution in [2.24, 2.45) is 11.7 Å². The molecule has 2 rings (SSSR count). The number of anilines is 1. The van der Waals surface area contributed by atoms with Crippen molar-refractivity contribution in [2.75, 3.05) is 25.1 Å². The summed E-state index contributed by atoms with van der Waals surface area (Å²) in [4.78, 5) is 11.9. The summed E-state index contributed by atoms with van der Waals surface area (Å²) in [6.07, 6.45) is 2.08. The van der Waals surface area contributed by atoms with Gasteiger partial charge in [-0.3, -0.25) is 4.79 Å². The molecule has 116 valence electrons. The number of benzene rings is 1. The zero-order valence-corrected chi connectivity index (χ0v) is 12.5. The average Bonchev–Trinajstić information content (AvgIpc) is 3.00. The average molecular weight is 292 g/mol. The number of carbonyl (C=O) groups is 1. The number of ether oxygens (including phenoxy) is 2. The van der Waals surface area contributed by atoms with Gasteiger partial charge < -0.3 is 20.5 Å². The second-order valence-corrected chi connectivity index (χ2v) is 5.46. The van der Waals surface area contributed by atoms with Crippen LogP contribution in [0.3, 0.4) is 0 Å². The number of nitrogens with two attached hydrogens (primary N) is 1. The lowest BCUT2D eigenvalue weighted by Gasteiger charge is -2.12. The summed E-state index contributed by atoms with van der Waals surface area (Å²) in [6.45, 7) is 4.06. The molecule has 1 heterocycles. The van der Waals surface area contributed by atoms with Crippen LogP contribution in [0.15, 0.2) is 24.3 Å². The topological polar surface area (TPSA) is 73.6 Å². The van der Waals surface area contributed by atoms with E-state index in [2.05, 4.69) is 12.2 Å². The predicted molar refractivity (Wildman–Crippen MR) is 81.8 cm³/mol. The Bertz CT molecular complexity index is 441. The maximum atomic E-state index is 11.9. The minimum atomic E-state index is -0.271. The maximum Gasteiger partial charge on any atom is 0.224 e. The van der Waals surface area contributed by atoms with Crippen LogP contribution in [-0.4, -0.2) is 25.7 Å². The van der Waals surface area contributed by atoms with Crippen LogP contribution in [0.2, 0.25) is 0 Å². The third-order valence-electron chi connectivity index (χ3n) is 3.61. The van der Waals surface area contributed by atoms with Gasteiger partial charge in [0.15, 0.2) is 6.29 Å². The fourth-order valence-corrected chi connectivity index (χ4v) is 2.30. The summed E-state index contributed by atoms with van der Waals surface area (Å²) in [5, 5.41) is 2.91. The normalized spacial score (nSPS) is 16.9. The zero-order chi connectivity index (χ0) is 15.1. The molecule has 21 heavy (non-hydrogen) atoms. The lowest BCUT2D eigenvalue weighted by Crippen LogP contribution is -2.14. The Labute approximate surface area is 125 Å². The molecule has 5 nitrogen and oxygen atoms in total. The standard InChI is InChI=1S/C16H24N2O3/c1-12(8-9-17)2-7-15(19)18-14-5-3-13(4-6-14)16-20-10-11-21-16/h3-6,12,16H,2,7-11,17H2,1H3,(H,18,19). The summed E-state index contributed by atoms with van der Waals surface area (Å²) in [6, 6.07) is 7.59. The molecule has 1 atom stereocenters. The first-order chi connectivity index (χ1) is 10.2. The molecule has 0 saturated carbocycles. The summed E-state index contributed by atoms with van der Waals surface area (Å²) >= 11 is 0. The lowest BCUT2D eigenvalue weighted by atomic mass is 10.0. The Morgan fingerprint density at radius 3 is 2.57 bits per heavy atom.